The Morgan fingerprint density at radius 3 is 2.09 bits per heavy atom. The van der Waals surface area contributed by atoms with Gasteiger partial charge in [0.15, 0.2) is 0 Å². The van der Waals surface area contributed by atoms with Crippen molar-refractivity contribution in [1.82, 2.24) is 30.2 Å². The second-order valence-electron chi connectivity index (χ2n) is 9.06. The molecule has 0 radical (unpaired) electrons. The zero-order valence-corrected chi connectivity index (χ0v) is 24.4. The number of hydrogen-bond donors (Lipinski definition) is 3. The standard InChI is InChI=1S/C13H20IN3O2.C8H12IN3.ClH/c1-8-10(14)16-11(15-8)9-6-5-7-17(9)12(18)19-13(2,3)4;1-5-7(9)12-8(11-5)6-3-2-4-10-6;/h9H,5-7H2,1-4H3,(H,15,16);6,10H,2-4H2,1H3,(H,11,12);1H/t9-;6-;/m00./s1. The molecule has 0 unspecified atom stereocenters. The van der Waals surface area contributed by atoms with Crippen molar-refractivity contribution in [1.29, 1.82) is 0 Å². The first-order valence-corrected chi connectivity index (χ1v) is 12.9. The number of nitrogens with one attached hydrogen (secondary N) is 3. The van der Waals surface area contributed by atoms with Crippen LogP contribution in [0.1, 0.15) is 81.6 Å². The maximum absolute atomic E-state index is 12.2. The van der Waals surface area contributed by atoms with Crippen LogP contribution in [0.5, 0.6) is 0 Å². The third-order valence-corrected chi connectivity index (χ3v) is 7.37. The largest absolute Gasteiger partial charge is 0.444 e. The van der Waals surface area contributed by atoms with Crippen molar-refractivity contribution < 1.29 is 9.53 Å². The first kappa shape index (κ1) is 27.6. The van der Waals surface area contributed by atoms with E-state index in [1.54, 1.807) is 4.90 Å². The van der Waals surface area contributed by atoms with Crippen LogP contribution in [0.4, 0.5) is 4.79 Å². The van der Waals surface area contributed by atoms with Gasteiger partial charge in [0.1, 0.15) is 24.7 Å². The number of carbonyl (C=O) groups is 1. The van der Waals surface area contributed by atoms with Crippen LogP contribution in [0.25, 0.3) is 0 Å². The van der Waals surface area contributed by atoms with Crippen LogP contribution in [0.3, 0.4) is 0 Å². The van der Waals surface area contributed by atoms with Gasteiger partial charge < -0.3 is 20.0 Å². The van der Waals surface area contributed by atoms with E-state index >= 15 is 0 Å². The van der Waals surface area contributed by atoms with Crippen LogP contribution in [-0.4, -0.2) is 49.6 Å². The van der Waals surface area contributed by atoms with Crippen molar-refractivity contribution in [3.63, 3.8) is 0 Å². The number of hydrogen-bond acceptors (Lipinski definition) is 5. The normalized spacial score (nSPS) is 20.5. The van der Waals surface area contributed by atoms with E-state index in [1.165, 1.54) is 18.5 Å². The van der Waals surface area contributed by atoms with Gasteiger partial charge in [0.2, 0.25) is 0 Å². The fraction of sp³-hybridized carbons (Fsp3) is 0.667. The third-order valence-electron chi connectivity index (χ3n) is 5.27. The van der Waals surface area contributed by atoms with Crippen molar-refractivity contribution in [3.05, 3.63) is 30.4 Å². The highest BCUT2D eigenvalue weighted by atomic mass is 127. The molecule has 1 amide bonds. The van der Waals surface area contributed by atoms with Crippen molar-refractivity contribution in [2.75, 3.05) is 13.1 Å². The molecule has 0 aliphatic carbocycles. The van der Waals surface area contributed by atoms with Crippen LogP contribution < -0.4 is 5.32 Å². The second kappa shape index (κ2) is 11.7. The van der Waals surface area contributed by atoms with Crippen LogP contribution in [0, 0.1) is 21.2 Å². The highest BCUT2D eigenvalue weighted by Crippen LogP contribution is 2.32. The first-order chi connectivity index (χ1) is 14.5. The average molecular weight is 691 g/mol. The number of halogens is 3. The summed E-state index contributed by atoms with van der Waals surface area (Å²) >= 11 is 4.46. The Kier molecular flexibility index (Phi) is 10.1. The van der Waals surface area contributed by atoms with E-state index < -0.39 is 5.60 Å². The maximum atomic E-state index is 12.2. The van der Waals surface area contributed by atoms with Gasteiger partial charge in [0, 0.05) is 17.9 Å². The number of likely N-dealkylation sites (tertiary alicyclic amines) is 1. The van der Waals surface area contributed by atoms with Crippen molar-refractivity contribution in [2.45, 2.75) is 78.0 Å². The van der Waals surface area contributed by atoms with Gasteiger partial charge >= 0.3 is 6.09 Å². The highest BCUT2D eigenvalue weighted by molar-refractivity contribution is 14.1. The number of carbonyl (C=O) groups excluding carboxylic acids is 1. The molecular weight excluding hydrogens is 658 g/mol. The lowest BCUT2D eigenvalue weighted by atomic mass is 10.2. The lowest BCUT2D eigenvalue weighted by Crippen LogP contribution is -2.36. The molecule has 2 fully saturated rings. The zero-order valence-electron chi connectivity index (χ0n) is 19.2. The Hall–Kier alpha value is -0.600. The monoisotopic (exact) mass is 690 g/mol. The molecule has 3 N–H and O–H groups in total. The highest BCUT2D eigenvalue weighted by Gasteiger charge is 2.35. The minimum atomic E-state index is -0.461. The second-order valence-corrected chi connectivity index (χ2v) is 11.1. The van der Waals surface area contributed by atoms with Gasteiger partial charge in [-0.2, -0.15) is 0 Å². The minimum Gasteiger partial charge on any atom is -0.444 e. The number of rotatable bonds is 2. The predicted octanol–water partition coefficient (Wildman–Crippen LogP) is 5.56. The summed E-state index contributed by atoms with van der Waals surface area (Å²) in [6, 6.07) is 0.476. The smallest absolute Gasteiger partial charge is 0.410 e. The van der Waals surface area contributed by atoms with Crippen LogP contribution in [0.15, 0.2) is 0 Å². The number of aromatic nitrogens is 4. The first-order valence-electron chi connectivity index (χ1n) is 10.7. The molecule has 2 atom stereocenters. The third kappa shape index (κ3) is 7.20. The van der Waals surface area contributed by atoms with Gasteiger partial charge in [-0.15, -0.1) is 12.4 Å². The average Bonchev–Trinajstić information content (AvgIpc) is 3.44. The molecule has 0 saturated carbocycles. The molecule has 4 rings (SSSR count). The van der Waals surface area contributed by atoms with Crippen LogP contribution >= 0.6 is 57.6 Å². The number of ether oxygens (including phenoxy) is 1. The van der Waals surface area contributed by atoms with Crippen molar-refractivity contribution in [2.24, 2.45) is 0 Å². The summed E-state index contributed by atoms with van der Waals surface area (Å²) in [5.74, 6) is 1.97. The molecule has 0 spiro atoms. The summed E-state index contributed by atoms with van der Waals surface area (Å²) in [4.78, 5) is 29.5. The molecule has 0 aromatic carbocycles. The summed E-state index contributed by atoms with van der Waals surface area (Å²) in [5, 5.41) is 3.42. The number of H-pyrrole nitrogens is 2. The Morgan fingerprint density at radius 2 is 1.62 bits per heavy atom. The molecule has 2 aromatic heterocycles. The number of nitrogens with zero attached hydrogens (tertiary/aromatic N) is 3. The molecule has 32 heavy (non-hydrogen) atoms. The number of aryl methyl sites for hydroxylation is 2. The summed E-state index contributed by atoms with van der Waals surface area (Å²) in [7, 11) is 0. The Labute approximate surface area is 223 Å². The summed E-state index contributed by atoms with van der Waals surface area (Å²) in [5.41, 5.74) is 1.77. The summed E-state index contributed by atoms with van der Waals surface area (Å²) in [6.07, 6.45) is 4.14. The minimum absolute atomic E-state index is 0. The molecule has 2 aromatic rings. The number of imidazole rings is 2. The molecular formula is C21H33ClI2N6O2. The fourth-order valence-electron chi connectivity index (χ4n) is 3.75. The Balaban J connectivity index is 0.000000241. The Morgan fingerprint density at radius 1 is 1.03 bits per heavy atom. The Bertz CT molecular complexity index is 866. The van der Waals surface area contributed by atoms with Crippen LogP contribution in [0.2, 0.25) is 0 Å². The quantitative estimate of drug-likeness (QED) is 0.359. The molecule has 8 nitrogen and oxygen atoms in total. The van der Waals surface area contributed by atoms with E-state index in [-0.39, 0.29) is 24.5 Å². The predicted molar refractivity (Wildman–Crippen MR) is 144 cm³/mol. The van der Waals surface area contributed by atoms with E-state index in [2.05, 4.69) is 77.4 Å². The van der Waals surface area contributed by atoms with Gasteiger partial charge in [-0.25, -0.2) is 14.8 Å². The molecule has 2 aliphatic rings. The van der Waals surface area contributed by atoms with E-state index in [4.69, 9.17) is 4.74 Å². The molecule has 0 bridgehead atoms. The van der Waals surface area contributed by atoms with E-state index in [9.17, 15) is 4.79 Å². The van der Waals surface area contributed by atoms with Gasteiger partial charge in [-0.1, -0.05) is 0 Å². The lowest BCUT2D eigenvalue weighted by Gasteiger charge is -2.27. The molecule has 180 valence electrons. The topological polar surface area (TPSA) is 98.9 Å². The van der Waals surface area contributed by atoms with Gasteiger partial charge in [-0.05, 0) is 112 Å². The lowest BCUT2D eigenvalue weighted by molar-refractivity contribution is 0.0218. The van der Waals surface area contributed by atoms with Gasteiger partial charge in [0.05, 0.1) is 12.1 Å². The molecule has 11 heteroatoms. The van der Waals surface area contributed by atoms with Crippen molar-refractivity contribution >= 4 is 63.7 Å². The summed E-state index contributed by atoms with van der Waals surface area (Å²) in [6.45, 7) is 11.6. The molecule has 4 heterocycles. The molecule has 2 saturated heterocycles. The van der Waals surface area contributed by atoms with Gasteiger partial charge in [0.25, 0.3) is 0 Å². The number of aromatic amines is 2. The SMILES string of the molecule is Cc1[nH]c([C@@H]2CCCN2)nc1I.Cc1[nH]c([C@@H]2CCCN2C(=O)OC(C)(C)C)nc1I.Cl. The fourth-order valence-corrected chi connectivity index (χ4v) is 4.54. The number of amides is 1. The van der Waals surface area contributed by atoms with Crippen LogP contribution in [-0.2, 0) is 4.74 Å². The summed E-state index contributed by atoms with van der Waals surface area (Å²) < 4.78 is 7.51. The van der Waals surface area contributed by atoms with Crippen molar-refractivity contribution in [3.8, 4) is 0 Å². The van der Waals surface area contributed by atoms with E-state index in [0.29, 0.717) is 6.04 Å². The van der Waals surface area contributed by atoms with Gasteiger partial charge in [-0.3, -0.25) is 4.90 Å². The maximum Gasteiger partial charge on any atom is 0.410 e. The zero-order chi connectivity index (χ0) is 22.8. The van der Waals surface area contributed by atoms with E-state index in [0.717, 1.165) is 50.7 Å². The van der Waals surface area contributed by atoms with E-state index in [1.807, 2.05) is 27.7 Å². The molecule has 2 aliphatic heterocycles.